The van der Waals surface area contributed by atoms with Gasteiger partial charge in [0.25, 0.3) is 0 Å². The molecule has 232 valence electrons. The van der Waals surface area contributed by atoms with Gasteiger partial charge in [-0.05, 0) is 12.8 Å². The summed E-state index contributed by atoms with van der Waals surface area (Å²) in [5.41, 5.74) is 0. The number of amides is 1. The molecule has 9 atom stereocenters. The van der Waals surface area contributed by atoms with Crippen LogP contribution in [0.2, 0.25) is 0 Å². The molecule has 11 heteroatoms. The van der Waals surface area contributed by atoms with Crippen LogP contribution in [0.15, 0.2) is 0 Å². The average Bonchev–Trinajstić information content (AvgIpc) is 2.93. The number of ether oxygens (including phenoxy) is 2. The van der Waals surface area contributed by atoms with Crippen LogP contribution < -0.4 is 5.32 Å². The minimum Gasteiger partial charge on any atom is -0.394 e. The van der Waals surface area contributed by atoms with E-state index in [4.69, 9.17) is 9.47 Å². The number of carbonyl (C=O) groups is 1. The van der Waals surface area contributed by atoms with Gasteiger partial charge in [0.2, 0.25) is 5.91 Å². The first-order chi connectivity index (χ1) is 18.7. The molecule has 11 nitrogen and oxygen atoms in total. The second kappa shape index (κ2) is 20.9. The minimum absolute atomic E-state index is 0.261. The Balaban J connectivity index is 2.59. The Morgan fingerprint density at radius 1 is 0.795 bits per heavy atom. The number of unbranched alkanes of at least 4 members (excludes halogenated alkanes) is 10. The summed E-state index contributed by atoms with van der Waals surface area (Å²) in [7, 11) is 0. The molecule has 39 heavy (non-hydrogen) atoms. The van der Waals surface area contributed by atoms with Crippen LogP contribution in [0, 0.1) is 0 Å². The zero-order valence-corrected chi connectivity index (χ0v) is 23.9. The lowest BCUT2D eigenvalue weighted by atomic mass is 9.99. The van der Waals surface area contributed by atoms with Crippen LogP contribution in [-0.2, 0) is 14.3 Å². The molecule has 0 radical (unpaired) electrons. The summed E-state index contributed by atoms with van der Waals surface area (Å²) in [5.74, 6) is -0.713. The molecular formula is C28H55NO10. The molecule has 0 aromatic rings. The zero-order valence-electron chi connectivity index (χ0n) is 23.9. The SMILES string of the molecule is CCCCCCCCCCCCC(O)C(=O)NC(COC1OC(CO)C(O)C(O)C1O)C(O)C(O)CCCC. The van der Waals surface area contributed by atoms with Crippen LogP contribution in [0.5, 0.6) is 0 Å². The summed E-state index contributed by atoms with van der Waals surface area (Å²) < 4.78 is 10.8. The van der Waals surface area contributed by atoms with E-state index in [0.717, 1.165) is 25.7 Å². The second-order valence-electron chi connectivity index (χ2n) is 10.8. The van der Waals surface area contributed by atoms with Crippen molar-refractivity contribution >= 4 is 5.91 Å². The maximum Gasteiger partial charge on any atom is 0.249 e. The molecule has 0 spiro atoms. The van der Waals surface area contributed by atoms with Gasteiger partial charge < -0.3 is 50.5 Å². The van der Waals surface area contributed by atoms with Crippen molar-refractivity contribution in [1.29, 1.82) is 0 Å². The van der Waals surface area contributed by atoms with Crippen molar-refractivity contribution in [3.05, 3.63) is 0 Å². The van der Waals surface area contributed by atoms with Gasteiger partial charge in [-0.15, -0.1) is 0 Å². The van der Waals surface area contributed by atoms with Crippen molar-refractivity contribution in [2.45, 2.75) is 159 Å². The lowest BCUT2D eigenvalue weighted by Gasteiger charge is -2.40. The first kappa shape index (κ1) is 36.1. The quantitative estimate of drug-likeness (QED) is 0.0875. The van der Waals surface area contributed by atoms with E-state index < -0.39 is 74.2 Å². The predicted octanol–water partition coefficient (Wildman–Crippen LogP) is 0.872. The molecule has 0 aromatic carbocycles. The first-order valence-corrected chi connectivity index (χ1v) is 14.9. The number of hydrogen-bond donors (Lipinski definition) is 8. The van der Waals surface area contributed by atoms with Crippen molar-refractivity contribution < 1.29 is 50.0 Å². The van der Waals surface area contributed by atoms with Gasteiger partial charge in [0.1, 0.15) is 36.6 Å². The highest BCUT2D eigenvalue weighted by Gasteiger charge is 2.44. The monoisotopic (exact) mass is 565 g/mol. The number of carbonyl (C=O) groups excluding carboxylic acids is 1. The molecule has 9 unspecified atom stereocenters. The molecule has 1 saturated heterocycles. The van der Waals surface area contributed by atoms with Gasteiger partial charge in [-0.25, -0.2) is 0 Å². The van der Waals surface area contributed by atoms with E-state index in [1.165, 1.54) is 38.5 Å². The van der Waals surface area contributed by atoms with Crippen molar-refractivity contribution in [1.82, 2.24) is 5.32 Å². The topological polar surface area (TPSA) is 189 Å². The molecule has 0 aromatic heterocycles. The normalized spacial score (nSPS) is 26.6. The van der Waals surface area contributed by atoms with Crippen LogP contribution >= 0.6 is 0 Å². The summed E-state index contributed by atoms with van der Waals surface area (Å²) in [6.07, 6.45) is 1.87. The molecule has 1 rings (SSSR count). The van der Waals surface area contributed by atoms with E-state index in [-0.39, 0.29) is 12.8 Å². The van der Waals surface area contributed by atoms with Crippen molar-refractivity contribution in [2.24, 2.45) is 0 Å². The fourth-order valence-electron chi connectivity index (χ4n) is 4.72. The maximum absolute atomic E-state index is 12.7. The Labute approximate surface area is 233 Å². The van der Waals surface area contributed by atoms with E-state index in [1.807, 2.05) is 6.92 Å². The van der Waals surface area contributed by atoms with Gasteiger partial charge in [-0.2, -0.15) is 0 Å². The minimum atomic E-state index is -1.65. The van der Waals surface area contributed by atoms with Crippen LogP contribution in [-0.4, -0.2) is 110 Å². The highest BCUT2D eigenvalue weighted by molar-refractivity contribution is 5.80. The Morgan fingerprint density at radius 3 is 1.92 bits per heavy atom. The molecule has 1 heterocycles. The lowest BCUT2D eigenvalue weighted by Crippen LogP contribution is -2.60. The van der Waals surface area contributed by atoms with Gasteiger partial charge in [0, 0.05) is 0 Å². The number of hydrogen-bond acceptors (Lipinski definition) is 10. The Morgan fingerprint density at radius 2 is 1.36 bits per heavy atom. The molecule has 1 amide bonds. The fraction of sp³-hybridized carbons (Fsp3) is 0.964. The van der Waals surface area contributed by atoms with Crippen LogP contribution in [0.25, 0.3) is 0 Å². The molecule has 1 aliphatic rings. The third-order valence-electron chi connectivity index (χ3n) is 7.41. The average molecular weight is 566 g/mol. The van der Waals surface area contributed by atoms with Crippen LogP contribution in [0.3, 0.4) is 0 Å². The highest BCUT2D eigenvalue weighted by Crippen LogP contribution is 2.22. The first-order valence-electron chi connectivity index (χ1n) is 14.9. The third kappa shape index (κ3) is 13.5. The van der Waals surface area contributed by atoms with Crippen LogP contribution in [0.1, 0.15) is 104 Å². The van der Waals surface area contributed by atoms with E-state index in [9.17, 15) is 40.5 Å². The van der Waals surface area contributed by atoms with E-state index in [2.05, 4.69) is 12.2 Å². The van der Waals surface area contributed by atoms with E-state index in [0.29, 0.717) is 12.8 Å². The van der Waals surface area contributed by atoms with Gasteiger partial charge in [0.05, 0.1) is 25.4 Å². The van der Waals surface area contributed by atoms with E-state index in [1.54, 1.807) is 0 Å². The smallest absolute Gasteiger partial charge is 0.249 e. The number of rotatable bonds is 22. The molecule has 1 aliphatic heterocycles. The van der Waals surface area contributed by atoms with Crippen molar-refractivity contribution in [2.75, 3.05) is 13.2 Å². The zero-order chi connectivity index (χ0) is 29.2. The Kier molecular flexibility index (Phi) is 19.4. The van der Waals surface area contributed by atoms with Crippen molar-refractivity contribution in [3.8, 4) is 0 Å². The lowest BCUT2D eigenvalue weighted by molar-refractivity contribution is -0.303. The van der Waals surface area contributed by atoms with E-state index >= 15 is 0 Å². The highest BCUT2D eigenvalue weighted by atomic mass is 16.7. The predicted molar refractivity (Wildman–Crippen MR) is 146 cm³/mol. The summed E-state index contributed by atoms with van der Waals surface area (Å²) in [6.45, 7) is 3.08. The second-order valence-corrected chi connectivity index (χ2v) is 10.8. The van der Waals surface area contributed by atoms with Gasteiger partial charge in [-0.3, -0.25) is 4.79 Å². The summed E-state index contributed by atoms with van der Waals surface area (Å²) in [4.78, 5) is 12.7. The Bertz CT molecular complexity index is 625. The van der Waals surface area contributed by atoms with Gasteiger partial charge in [0.15, 0.2) is 6.29 Å². The molecule has 0 saturated carbocycles. The number of aliphatic hydroxyl groups is 7. The molecule has 1 fully saturated rings. The fourth-order valence-corrected chi connectivity index (χ4v) is 4.72. The van der Waals surface area contributed by atoms with Gasteiger partial charge >= 0.3 is 0 Å². The molecule has 8 N–H and O–H groups in total. The van der Waals surface area contributed by atoms with Crippen molar-refractivity contribution in [3.63, 3.8) is 0 Å². The van der Waals surface area contributed by atoms with Crippen LogP contribution in [0.4, 0.5) is 0 Å². The molecule has 0 aliphatic carbocycles. The third-order valence-corrected chi connectivity index (χ3v) is 7.41. The van der Waals surface area contributed by atoms with Gasteiger partial charge in [-0.1, -0.05) is 90.9 Å². The largest absolute Gasteiger partial charge is 0.394 e. The Hall–Kier alpha value is -0.890. The summed E-state index contributed by atoms with van der Waals surface area (Å²) in [6, 6.07) is -1.15. The molecule has 0 bridgehead atoms. The number of aliphatic hydroxyl groups excluding tert-OH is 7. The number of nitrogens with one attached hydrogen (secondary N) is 1. The summed E-state index contributed by atoms with van der Waals surface area (Å²) >= 11 is 0. The maximum atomic E-state index is 12.7. The summed E-state index contributed by atoms with van der Waals surface area (Å²) in [5, 5.41) is 73.6. The molecular weight excluding hydrogens is 510 g/mol. The standard InChI is InChI=1S/C28H55NO10/c1-3-5-7-8-9-10-11-12-13-14-16-21(32)27(37)29-19(23(33)20(31)15-6-4-2)18-38-28-26(36)25(35)24(34)22(17-30)39-28/h19-26,28,30-36H,3-18H2,1-2H3,(H,29,37).